The van der Waals surface area contributed by atoms with E-state index in [9.17, 15) is 18.4 Å². The average molecular weight is 356 g/mol. The van der Waals surface area contributed by atoms with Crippen LogP contribution < -0.4 is 0 Å². The van der Waals surface area contributed by atoms with E-state index in [1.54, 1.807) is 14.1 Å². The first-order chi connectivity index (χ1) is 11.2. The number of hydrogen-bond donors (Lipinski definition) is 0. The molecule has 132 valence electrons. The van der Waals surface area contributed by atoms with Crippen LogP contribution in [0.3, 0.4) is 0 Å². The molecular formula is C17H22F2N2O2S. The van der Waals surface area contributed by atoms with E-state index >= 15 is 0 Å². The summed E-state index contributed by atoms with van der Waals surface area (Å²) in [5, 5.41) is -0.620. The van der Waals surface area contributed by atoms with Crippen LogP contribution in [0.5, 0.6) is 0 Å². The van der Waals surface area contributed by atoms with E-state index in [-0.39, 0.29) is 29.0 Å². The molecule has 24 heavy (non-hydrogen) atoms. The van der Waals surface area contributed by atoms with Crippen molar-refractivity contribution in [3.05, 3.63) is 35.4 Å². The predicted molar refractivity (Wildman–Crippen MR) is 90.3 cm³/mol. The molecule has 0 spiro atoms. The maximum atomic E-state index is 14.2. The maximum absolute atomic E-state index is 14.2. The predicted octanol–water partition coefficient (Wildman–Crippen LogP) is 3.04. The molecule has 7 heteroatoms. The van der Waals surface area contributed by atoms with Crippen molar-refractivity contribution in [2.75, 3.05) is 19.8 Å². The van der Waals surface area contributed by atoms with Crippen LogP contribution in [-0.2, 0) is 9.59 Å². The third kappa shape index (κ3) is 3.88. The number of halogens is 2. The summed E-state index contributed by atoms with van der Waals surface area (Å²) < 4.78 is 27.4. The second-order valence-electron chi connectivity index (χ2n) is 6.51. The van der Waals surface area contributed by atoms with Gasteiger partial charge >= 0.3 is 0 Å². The van der Waals surface area contributed by atoms with E-state index in [2.05, 4.69) is 0 Å². The molecule has 1 saturated heterocycles. The Labute approximate surface area is 145 Å². The number of hydrogen-bond acceptors (Lipinski definition) is 3. The van der Waals surface area contributed by atoms with Crippen molar-refractivity contribution in [1.29, 1.82) is 0 Å². The second kappa shape index (κ2) is 7.51. The van der Waals surface area contributed by atoms with E-state index < -0.39 is 23.1 Å². The molecule has 1 fully saturated rings. The molecule has 0 aliphatic carbocycles. The number of rotatable bonds is 5. The van der Waals surface area contributed by atoms with E-state index in [1.807, 2.05) is 13.8 Å². The van der Waals surface area contributed by atoms with Crippen LogP contribution >= 0.6 is 11.8 Å². The quantitative estimate of drug-likeness (QED) is 0.814. The molecule has 0 bridgehead atoms. The molecule has 0 unspecified atom stereocenters. The molecule has 0 saturated carbocycles. The summed E-state index contributed by atoms with van der Waals surface area (Å²) in [4.78, 5) is 27.9. The van der Waals surface area contributed by atoms with Crippen LogP contribution in [-0.4, -0.2) is 47.5 Å². The molecular weight excluding hydrogens is 334 g/mol. The average Bonchev–Trinajstić information content (AvgIpc) is 2.85. The van der Waals surface area contributed by atoms with Crippen LogP contribution in [0.4, 0.5) is 8.78 Å². The summed E-state index contributed by atoms with van der Waals surface area (Å²) in [6, 6.07) is 2.67. The van der Waals surface area contributed by atoms with Crippen molar-refractivity contribution < 1.29 is 18.4 Å². The Balaban J connectivity index is 2.41. The lowest BCUT2D eigenvalue weighted by Gasteiger charge is -2.34. The molecule has 1 aromatic carbocycles. The molecule has 1 aromatic rings. The highest BCUT2D eigenvalue weighted by Crippen LogP contribution is 2.42. The smallest absolute Gasteiger partial charge is 0.244 e. The van der Waals surface area contributed by atoms with Gasteiger partial charge in [0.1, 0.15) is 23.1 Å². The van der Waals surface area contributed by atoms with E-state index in [0.29, 0.717) is 6.42 Å². The number of thioether (sulfide) groups is 1. The van der Waals surface area contributed by atoms with Gasteiger partial charge in [0.25, 0.3) is 0 Å². The van der Waals surface area contributed by atoms with Crippen molar-refractivity contribution in [3.8, 4) is 0 Å². The number of likely N-dealkylation sites (N-methyl/N-ethyl adjacent to an activating group) is 1. The van der Waals surface area contributed by atoms with Crippen LogP contribution in [0, 0.1) is 17.6 Å². The van der Waals surface area contributed by atoms with E-state index in [0.717, 1.165) is 6.07 Å². The number of carbonyl (C=O) groups excluding carboxylic acids is 2. The fourth-order valence-electron chi connectivity index (χ4n) is 2.79. The van der Waals surface area contributed by atoms with Gasteiger partial charge < -0.3 is 9.80 Å². The third-order valence-electron chi connectivity index (χ3n) is 3.89. The molecule has 4 nitrogen and oxygen atoms in total. The van der Waals surface area contributed by atoms with Crippen molar-refractivity contribution in [1.82, 2.24) is 9.80 Å². The lowest BCUT2D eigenvalue weighted by Crippen LogP contribution is -2.48. The van der Waals surface area contributed by atoms with Gasteiger partial charge in [-0.2, -0.15) is 0 Å². The van der Waals surface area contributed by atoms with Gasteiger partial charge in [0.2, 0.25) is 11.8 Å². The first-order valence-electron chi connectivity index (χ1n) is 7.81. The van der Waals surface area contributed by atoms with Crippen LogP contribution in [0.1, 0.15) is 31.2 Å². The van der Waals surface area contributed by atoms with Gasteiger partial charge in [0.15, 0.2) is 0 Å². The first kappa shape index (κ1) is 18.7. The Hall–Kier alpha value is -1.63. The van der Waals surface area contributed by atoms with Gasteiger partial charge in [0.05, 0.1) is 5.75 Å². The standard InChI is InChI=1S/C17H22F2N2O2S/c1-10(2)7-14(16(23)20(3)4)21-15(22)9-24-17(21)12-6-5-11(18)8-13(12)19/h5-6,8,10,14,17H,7,9H2,1-4H3/t14-,17-/m1/s1. The van der Waals surface area contributed by atoms with Crippen LogP contribution in [0.2, 0.25) is 0 Å². The highest BCUT2D eigenvalue weighted by Gasteiger charge is 2.42. The first-order valence-corrected chi connectivity index (χ1v) is 8.86. The minimum absolute atomic E-state index is 0.177. The van der Waals surface area contributed by atoms with Crippen molar-refractivity contribution in [3.63, 3.8) is 0 Å². The molecule has 0 radical (unpaired) electrons. The number of amides is 2. The lowest BCUT2D eigenvalue weighted by molar-refractivity contribution is -0.143. The van der Waals surface area contributed by atoms with Crippen molar-refractivity contribution in [2.24, 2.45) is 5.92 Å². The Bertz CT molecular complexity index is 637. The summed E-state index contributed by atoms with van der Waals surface area (Å²) in [6.07, 6.45) is 0.489. The monoisotopic (exact) mass is 356 g/mol. The SMILES string of the molecule is CC(C)C[C@H](C(=O)N(C)C)N1C(=O)CS[C@@H]1c1ccc(F)cc1F. The minimum Gasteiger partial charge on any atom is -0.347 e. The topological polar surface area (TPSA) is 40.6 Å². The normalized spacial score (nSPS) is 19.0. The molecule has 2 atom stereocenters. The van der Waals surface area contributed by atoms with Gasteiger partial charge in [-0.15, -0.1) is 11.8 Å². The molecule has 0 N–H and O–H groups in total. The van der Waals surface area contributed by atoms with E-state index in [4.69, 9.17) is 0 Å². The summed E-state index contributed by atoms with van der Waals surface area (Å²) in [5.41, 5.74) is 0.229. The number of nitrogens with zero attached hydrogens (tertiary/aromatic N) is 2. The van der Waals surface area contributed by atoms with Gasteiger partial charge in [-0.25, -0.2) is 8.78 Å². The number of carbonyl (C=O) groups is 2. The van der Waals surface area contributed by atoms with Gasteiger partial charge in [-0.3, -0.25) is 9.59 Å². The highest BCUT2D eigenvalue weighted by molar-refractivity contribution is 8.00. The summed E-state index contributed by atoms with van der Waals surface area (Å²) in [7, 11) is 3.27. The largest absolute Gasteiger partial charge is 0.347 e. The lowest BCUT2D eigenvalue weighted by atomic mass is 10.00. The van der Waals surface area contributed by atoms with Gasteiger partial charge in [0, 0.05) is 25.7 Å². The second-order valence-corrected chi connectivity index (χ2v) is 7.58. The van der Waals surface area contributed by atoms with Gasteiger partial charge in [-0.1, -0.05) is 19.9 Å². The summed E-state index contributed by atoms with van der Waals surface area (Å²) >= 11 is 1.26. The molecule has 0 aromatic heterocycles. The highest BCUT2D eigenvalue weighted by atomic mass is 32.2. The van der Waals surface area contributed by atoms with Crippen molar-refractivity contribution in [2.45, 2.75) is 31.7 Å². The van der Waals surface area contributed by atoms with Gasteiger partial charge in [-0.05, 0) is 18.4 Å². The van der Waals surface area contributed by atoms with Crippen LogP contribution in [0.15, 0.2) is 18.2 Å². The summed E-state index contributed by atoms with van der Waals surface area (Å²) in [6.45, 7) is 3.94. The Kier molecular flexibility index (Phi) is 5.85. The number of benzene rings is 1. The molecule has 1 heterocycles. The zero-order chi connectivity index (χ0) is 18.0. The molecule has 2 rings (SSSR count). The van der Waals surface area contributed by atoms with Crippen molar-refractivity contribution >= 4 is 23.6 Å². The van der Waals surface area contributed by atoms with Crippen LogP contribution in [0.25, 0.3) is 0 Å². The Morgan fingerprint density at radius 1 is 1.38 bits per heavy atom. The zero-order valence-electron chi connectivity index (χ0n) is 14.3. The molecule has 2 amide bonds. The zero-order valence-corrected chi connectivity index (χ0v) is 15.1. The minimum atomic E-state index is -0.701. The Morgan fingerprint density at radius 2 is 2.04 bits per heavy atom. The summed E-state index contributed by atoms with van der Waals surface area (Å²) in [5.74, 6) is -1.39. The van der Waals surface area contributed by atoms with E-state index in [1.165, 1.54) is 33.7 Å². The fourth-order valence-corrected chi connectivity index (χ4v) is 4.04. The fraction of sp³-hybridized carbons (Fsp3) is 0.529. The molecule has 1 aliphatic heterocycles. The third-order valence-corrected chi connectivity index (χ3v) is 5.10. The maximum Gasteiger partial charge on any atom is 0.244 e. The molecule has 1 aliphatic rings. The Morgan fingerprint density at radius 3 is 2.58 bits per heavy atom.